The molecule has 0 spiro atoms. The van der Waals surface area contributed by atoms with Gasteiger partial charge in [0, 0.05) is 12.2 Å². The topological polar surface area (TPSA) is 89.3 Å². The van der Waals surface area contributed by atoms with Crippen LogP contribution in [0.4, 0.5) is 4.39 Å². The molecule has 0 amide bonds. The van der Waals surface area contributed by atoms with Gasteiger partial charge in [-0.3, -0.25) is 9.78 Å². The Bertz CT molecular complexity index is 1500. The van der Waals surface area contributed by atoms with Crippen LogP contribution < -0.4 is 10.2 Å². The number of para-hydroxylation sites is 1. The molecule has 2 aromatic carbocycles. The first-order valence-corrected chi connectivity index (χ1v) is 11.0. The van der Waals surface area contributed by atoms with E-state index in [2.05, 4.69) is 9.71 Å². The molecule has 0 saturated heterocycles. The lowest BCUT2D eigenvalue weighted by Crippen LogP contribution is -2.26. The molecule has 2 aromatic heterocycles. The molecule has 0 unspecified atom stereocenters. The fourth-order valence-electron chi connectivity index (χ4n) is 3.32. The van der Waals surface area contributed by atoms with E-state index in [-0.39, 0.29) is 43.4 Å². The van der Waals surface area contributed by atoms with Crippen LogP contribution in [0.3, 0.4) is 0 Å². The molecule has 9 heteroatoms. The average molecular weight is 445 g/mol. The molecule has 2 heterocycles. The molecular weight excluding hydrogens is 431 g/mol. The van der Waals surface area contributed by atoms with E-state index < -0.39 is 15.8 Å². The van der Waals surface area contributed by atoms with Crippen molar-refractivity contribution < 1.29 is 17.2 Å². The van der Waals surface area contributed by atoms with E-state index in [4.69, 9.17) is 16.0 Å². The summed E-state index contributed by atoms with van der Waals surface area (Å²) in [6.07, 6.45) is 3.88. The average Bonchev–Trinajstić information content (AvgIpc) is 3.51. The molecule has 4 aromatic rings. The number of nitrogens with one attached hydrogen (secondary N) is 1. The zero-order chi connectivity index (χ0) is 21.0. The summed E-state index contributed by atoms with van der Waals surface area (Å²) in [7, 11) is -3.91. The molecule has 0 atom stereocenters. The van der Waals surface area contributed by atoms with Gasteiger partial charge in [0.2, 0.25) is 10.0 Å². The van der Waals surface area contributed by atoms with Crippen molar-refractivity contribution in [2.24, 2.45) is 0 Å². The molecule has 0 aliphatic heterocycles. The van der Waals surface area contributed by atoms with Crippen LogP contribution in [0.5, 0.6) is 0 Å². The van der Waals surface area contributed by atoms with E-state index in [0.717, 1.165) is 25.1 Å². The molecule has 152 valence electrons. The summed E-state index contributed by atoms with van der Waals surface area (Å²) in [4.78, 5) is 16.6. The molecular formula is C21H14ClFN2O4S. The van der Waals surface area contributed by atoms with Crippen LogP contribution in [0.1, 0.15) is 12.8 Å². The molecule has 5 rings (SSSR count). The Balaban J connectivity index is 1.68. The highest BCUT2D eigenvalue weighted by atomic mass is 35.5. The van der Waals surface area contributed by atoms with Gasteiger partial charge in [-0.1, -0.05) is 23.7 Å². The Kier molecular flexibility index (Phi) is 4.39. The van der Waals surface area contributed by atoms with E-state index >= 15 is 4.39 Å². The summed E-state index contributed by atoms with van der Waals surface area (Å²) in [5.74, 6) is -0.781. The summed E-state index contributed by atoms with van der Waals surface area (Å²) in [6, 6.07) is 9.24. The van der Waals surface area contributed by atoms with Crippen LogP contribution in [-0.2, 0) is 10.0 Å². The van der Waals surface area contributed by atoms with Gasteiger partial charge in [0.05, 0.1) is 26.9 Å². The SMILES string of the molecule is O=c1c(-c2cc(F)c3c(Cl)c(S(=O)(=O)NC4CC4)cnc3c2)coc2ccccc12. The van der Waals surface area contributed by atoms with Crippen molar-refractivity contribution in [1.82, 2.24) is 9.71 Å². The monoisotopic (exact) mass is 444 g/mol. The predicted molar refractivity (Wildman–Crippen MR) is 112 cm³/mol. The van der Waals surface area contributed by atoms with Crippen LogP contribution >= 0.6 is 11.6 Å². The van der Waals surface area contributed by atoms with Crippen molar-refractivity contribution in [3.63, 3.8) is 0 Å². The summed E-state index contributed by atoms with van der Waals surface area (Å²) in [5, 5.41) is 0.00102. The quantitative estimate of drug-likeness (QED) is 0.508. The number of pyridine rings is 1. The van der Waals surface area contributed by atoms with Gasteiger partial charge in [-0.05, 0) is 42.7 Å². The van der Waals surface area contributed by atoms with E-state index in [0.29, 0.717) is 11.0 Å². The van der Waals surface area contributed by atoms with Crippen LogP contribution in [0.25, 0.3) is 33.0 Å². The molecule has 30 heavy (non-hydrogen) atoms. The van der Waals surface area contributed by atoms with Crippen molar-refractivity contribution in [3.8, 4) is 11.1 Å². The van der Waals surface area contributed by atoms with Crippen molar-refractivity contribution in [1.29, 1.82) is 0 Å². The fraction of sp³-hybridized carbons (Fsp3) is 0.143. The van der Waals surface area contributed by atoms with Crippen molar-refractivity contribution in [2.45, 2.75) is 23.8 Å². The third-order valence-corrected chi connectivity index (χ3v) is 7.04. The first-order valence-electron chi connectivity index (χ1n) is 9.16. The van der Waals surface area contributed by atoms with Crippen molar-refractivity contribution in [3.05, 3.63) is 69.9 Å². The summed E-state index contributed by atoms with van der Waals surface area (Å²) >= 11 is 6.26. The number of aromatic nitrogens is 1. The van der Waals surface area contributed by atoms with E-state index in [1.54, 1.807) is 24.3 Å². The highest BCUT2D eigenvalue weighted by Crippen LogP contribution is 2.34. The molecule has 1 fully saturated rings. The van der Waals surface area contributed by atoms with E-state index in [9.17, 15) is 13.2 Å². The first-order chi connectivity index (χ1) is 14.3. The summed E-state index contributed by atoms with van der Waals surface area (Å²) in [6.45, 7) is 0. The number of halogens is 2. The Hall–Kier alpha value is -2.81. The number of hydrogen-bond donors (Lipinski definition) is 1. The zero-order valence-corrected chi connectivity index (χ0v) is 16.9. The van der Waals surface area contributed by atoms with Gasteiger partial charge >= 0.3 is 0 Å². The molecule has 0 radical (unpaired) electrons. The van der Waals surface area contributed by atoms with Gasteiger partial charge < -0.3 is 4.42 Å². The van der Waals surface area contributed by atoms with Crippen LogP contribution in [0, 0.1) is 5.82 Å². The Morgan fingerprint density at radius 3 is 2.73 bits per heavy atom. The maximum atomic E-state index is 15.0. The lowest BCUT2D eigenvalue weighted by atomic mass is 10.0. The second kappa shape index (κ2) is 6.87. The van der Waals surface area contributed by atoms with Gasteiger partial charge in [-0.2, -0.15) is 0 Å². The number of fused-ring (bicyclic) bond motifs is 2. The summed E-state index contributed by atoms with van der Waals surface area (Å²) in [5.41, 5.74) is 0.670. The molecule has 1 N–H and O–H groups in total. The lowest BCUT2D eigenvalue weighted by molar-refractivity contribution is 0.581. The first kappa shape index (κ1) is 19.2. The maximum absolute atomic E-state index is 15.0. The largest absolute Gasteiger partial charge is 0.463 e. The van der Waals surface area contributed by atoms with Crippen LogP contribution in [0.2, 0.25) is 5.02 Å². The molecule has 0 bridgehead atoms. The Labute approximate surface area is 175 Å². The number of benzene rings is 2. The van der Waals surface area contributed by atoms with Gasteiger partial charge in [0.1, 0.15) is 22.6 Å². The van der Waals surface area contributed by atoms with Gasteiger partial charge in [0.15, 0.2) is 5.43 Å². The zero-order valence-electron chi connectivity index (χ0n) is 15.4. The summed E-state index contributed by atoms with van der Waals surface area (Å²) < 4.78 is 48.0. The number of sulfonamides is 1. The van der Waals surface area contributed by atoms with Gasteiger partial charge in [-0.15, -0.1) is 0 Å². The smallest absolute Gasteiger partial charge is 0.243 e. The second-order valence-electron chi connectivity index (χ2n) is 7.16. The van der Waals surface area contributed by atoms with Crippen molar-refractivity contribution >= 4 is 43.5 Å². The fourth-order valence-corrected chi connectivity index (χ4v) is 5.19. The van der Waals surface area contributed by atoms with E-state index in [1.165, 1.54) is 12.3 Å². The van der Waals surface area contributed by atoms with Crippen LogP contribution in [-0.4, -0.2) is 19.4 Å². The minimum Gasteiger partial charge on any atom is -0.463 e. The molecule has 6 nitrogen and oxygen atoms in total. The van der Waals surface area contributed by atoms with Gasteiger partial charge in [0.25, 0.3) is 0 Å². The minimum atomic E-state index is -3.91. The Morgan fingerprint density at radius 1 is 1.20 bits per heavy atom. The minimum absolute atomic E-state index is 0.121. The predicted octanol–water partition coefficient (Wildman–Crippen LogP) is 4.24. The lowest BCUT2D eigenvalue weighted by Gasteiger charge is -2.11. The maximum Gasteiger partial charge on any atom is 0.243 e. The molecule has 1 aliphatic rings. The number of hydrogen-bond acceptors (Lipinski definition) is 5. The Morgan fingerprint density at radius 2 is 1.97 bits per heavy atom. The van der Waals surface area contributed by atoms with E-state index in [1.807, 2.05) is 0 Å². The van der Waals surface area contributed by atoms with Gasteiger partial charge in [-0.25, -0.2) is 17.5 Å². The van der Waals surface area contributed by atoms with Crippen LogP contribution in [0.15, 0.2) is 63.0 Å². The standard InChI is InChI=1S/C21H14ClFN2O4S/c22-20-18(30(27,28)25-12-5-6-12)9-24-16-8-11(7-15(23)19(16)20)14-10-29-17-4-2-1-3-13(17)21(14)26/h1-4,7-10,12,25H,5-6H2. The molecule has 1 saturated carbocycles. The molecule has 1 aliphatic carbocycles. The number of rotatable bonds is 4. The third kappa shape index (κ3) is 3.17. The number of nitrogens with zero attached hydrogens (tertiary/aromatic N) is 1. The highest BCUT2D eigenvalue weighted by Gasteiger charge is 2.30. The second-order valence-corrected chi connectivity index (χ2v) is 9.22. The normalized spacial score (nSPS) is 14.5. The highest BCUT2D eigenvalue weighted by molar-refractivity contribution is 7.89. The van der Waals surface area contributed by atoms with Crippen molar-refractivity contribution in [2.75, 3.05) is 0 Å². The third-order valence-electron chi connectivity index (χ3n) is 5.01.